The fourth-order valence-electron chi connectivity index (χ4n) is 7.91. The highest BCUT2D eigenvalue weighted by Crippen LogP contribution is 2.15. The predicted molar refractivity (Wildman–Crippen MR) is 269 cm³/mol. The molecule has 1 amide bonds. The molecule has 0 aliphatic rings. The van der Waals surface area contributed by atoms with Crippen LogP contribution in [-0.4, -0.2) is 47.4 Å². The van der Waals surface area contributed by atoms with Crippen LogP contribution in [0.4, 0.5) is 0 Å². The average molecular weight is 870 g/mol. The van der Waals surface area contributed by atoms with Crippen LogP contribution in [0, 0.1) is 0 Å². The molecule has 0 bridgehead atoms. The highest BCUT2D eigenvalue weighted by molar-refractivity contribution is 5.76. The van der Waals surface area contributed by atoms with Crippen LogP contribution in [0.15, 0.2) is 48.6 Å². The molecule has 2 atom stereocenters. The minimum Gasteiger partial charge on any atom is -0.466 e. The lowest BCUT2D eigenvalue weighted by Crippen LogP contribution is -2.45. The first kappa shape index (κ1) is 59.8. The number of carbonyl (C=O) groups excluding carboxylic acids is 2. The fourth-order valence-corrected chi connectivity index (χ4v) is 7.91. The Hall–Kier alpha value is -2.18. The first-order valence-electron chi connectivity index (χ1n) is 26.9. The number of rotatable bonds is 49. The van der Waals surface area contributed by atoms with Gasteiger partial charge in [-0.3, -0.25) is 9.59 Å². The maximum atomic E-state index is 12.4. The summed E-state index contributed by atoms with van der Waals surface area (Å²) < 4.78 is 5.44. The van der Waals surface area contributed by atoms with Gasteiger partial charge in [0.1, 0.15) is 0 Å². The Labute approximate surface area is 385 Å². The van der Waals surface area contributed by atoms with Crippen molar-refractivity contribution < 1.29 is 24.5 Å². The van der Waals surface area contributed by atoms with Gasteiger partial charge in [0.05, 0.1) is 25.4 Å². The molecule has 0 rings (SSSR count). The van der Waals surface area contributed by atoms with Gasteiger partial charge >= 0.3 is 5.97 Å². The molecule has 0 saturated heterocycles. The second kappa shape index (κ2) is 51.5. The maximum absolute atomic E-state index is 12.4. The number of aliphatic hydroxyl groups is 2. The number of allylic oxidation sites excluding steroid dienone is 7. The monoisotopic (exact) mass is 870 g/mol. The van der Waals surface area contributed by atoms with Gasteiger partial charge < -0.3 is 20.3 Å². The average Bonchev–Trinajstić information content (AvgIpc) is 3.27. The van der Waals surface area contributed by atoms with Crippen molar-refractivity contribution in [1.29, 1.82) is 0 Å². The van der Waals surface area contributed by atoms with E-state index in [0.29, 0.717) is 25.9 Å². The van der Waals surface area contributed by atoms with Crippen molar-refractivity contribution in [2.45, 2.75) is 283 Å². The van der Waals surface area contributed by atoms with Gasteiger partial charge in [0.15, 0.2) is 0 Å². The minimum atomic E-state index is -0.880. The highest BCUT2D eigenvalue weighted by atomic mass is 16.5. The first-order chi connectivity index (χ1) is 30.5. The van der Waals surface area contributed by atoms with E-state index in [2.05, 4.69) is 49.5 Å². The molecular weight excluding hydrogens is 767 g/mol. The van der Waals surface area contributed by atoms with E-state index in [1.54, 1.807) is 6.08 Å². The molecule has 0 aromatic heterocycles. The topological polar surface area (TPSA) is 95.9 Å². The lowest BCUT2D eigenvalue weighted by atomic mass is 10.0. The van der Waals surface area contributed by atoms with E-state index in [1.807, 2.05) is 12.2 Å². The lowest BCUT2D eigenvalue weighted by Gasteiger charge is -2.19. The van der Waals surface area contributed by atoms with Crippen molar-refractivity contribution in [3.63, 3.8) is 0 Å². The summed E-state index contributed by atoms with van der Waals surface area (Å²) in [6, 6.07) is -0.673. The van der Waals surface area contributed by atoms with Crippen molar-refractivity contribution in [3.05, 3.63) is 48.6 Å². The molecule has 0 aromatic carbocycles. The van der Waals surface area contributed by atoms with E-state index in [0.717, 1.165) is 51.4 Å². The molecule has 0 spiro atoms. The zero-order valence-electron chi connectivity index (χ0n) is 41.1. The van der Waals surface area contributed by atoms with Crippen molar-refractivity contribution in [2.24, 2.45) is 0 Å². The molecule has 0 heterocycles. The third-order valence-corrected chi connectivity index (χ3v) is 12.1. The maximum Gasteiger partial charge on any atom is 0.305 e. The zero-order valence-corrected chi connectivity index (χ0v) is 41.1. The standard InChI is InChI=1S/C56H103NO5/c1-3-5-7-9-11-13-15-17-19-20-21-22-24-28-32-36-40-44-48-54(59)53(52-58)57-55(60)49-45-41-37-33-29-25-23-27-31-35-39-43-47-51-62-56(61)50-46-42-38-34-30-26-18-16-14-12-10-8-6-4-2/h16,18,25,29,37,41,44,48,53-54,58-59H,3-15,17,19-24,26-28,30-36,38-40,42-43,45-47,49-52H2,1-2H3,(H,57,60)/b18-16-,29-25-,41-37-,48-44+. The third kappa shape index (κ3) is 47.3. The van der Waals surface area contributed by atoms with Gasteiger partial charge in [-0.1, -0.05) is 229 Å². The molecule has 0 aromatic rings. The second-order valence-electron chi connectivity index (χ2n) is 18.2. The lowest BCUT2D eigenvalue weighted by molar-refractivity contribution is -0.143. The fraction of sp³-hybridized carbons (Fsp3) is 0.821. The molecule has 362 valence electrons. The Bertz CT molecular complexity index is 1050. The number of hydrogen-bond acceptors (Lipinski definition) is 5. The summed E-state index contributed by atoms with van der Waals surface area (Å²) in [5.41, 5.74) is 0. The van der Waals surface area contributed by atoms with Gasteiger partial charge in [0, 0.05) is 12.8 Å². The number of amides is 1. The van der Waals surface area contributed by atoms with E-state index >= 15 is 0 Å². The van der Waals surface area contributed by atoms with E-state index in [9.17, 15) is 19.8 Å². The number of unbranched alkanes of at least 4 members (excludes halogenated alkanes) is 32. The van der Waals surface area contributed by atoms with Gasteiger partial charge in [-0.05, 0) is 77.0 Å². The summed E-state index contributed by atoms with van der Waals surface area (Å²) in [7, 11) is 0. The second-order valence-corrected chi connectivity index (χ2v) is 18.2. The summed E-state index contributed by atoms with van der Waals surface area (Å²) in [6.07, 6.45) is 64.1. The first-order valence-corrected chi connectivity index (χ1v) is 26.9. The van der Waals surface area contributed by atoms with Crippen LogP contribution >= 0.6 is 0 Å². The van der Waals surface area contributed by atoms with Crippen molar-refractivity contribution in [3.8, 4) is 0 Å². The Morgan fingerprint density at radius 3 is 1.27 bits per heavy atom. The highest BCUT2D eigenvalue weighted by Gasteiger charge is 2.17. The summed E-state index contributed by atoms with van der Waals surface area (Å²) in [5.74, 6) is -0.176. The molecule has 3 N–H and O–H groups in total. The van der Waals surface area contributed by atoms with Crippen LogP contribution in [0.5, 0.6) is 0 Å². The molecule has 62 heavy (non-hydrogen) atoms. The minimum absolute atomic E-state index is 0.0276. The molecular formula is C56H103NO5. The van der Waals surface area contributed by atoms with E-state index < -0.39 is 12.1 Å². The smallest absolute Gasteiger partial charge is 0.305 e. The molecule has 0 aliphatic heterocycles. The van der Waals surface area contributed by atoms with Crippen LogP contribution in [0.2, 0.25) is 0 Å². The van der Waals surface area contributed by atoms with Crippen LogP contribution < -0.4 is 5.32 Å². The van der Waals surface area contributed by atoms with E-state index in [4.69, 9.17) is 4.74 Å². The summed E-state index contributed by atoms with van der Waals surface area (Å²) in [5, 5.41) is 23.0. The van der Waals surface area contributed by atoms with E-state index in [-0.39, 0.29) is 18.5 Å². The molecule has 0 radical (unpaired) electrons. The third-order valence-electron chi connectivity index (χ3n) is 12.1. The Morgan fingerprint density at radius 2 is 0.823 bits per heavy atom. The summed E-state index contributed by atoms with van der Waals surface area (Å²) >= 11 is 0. The molecule has 0 aliphatic carbocycles. The van der Waals surface area contributed by atoms with Gasteiger partial charge in [0.25, 0.3) is 0 Å². The Morgan fingerprint density at radius 1 is 0.452 bits per heavy atom. The molecule has 0 saturated carbocycles. The quantitative estimate of drug-likeness (QED) is 0.0322. The number of aliphatic hydroxyl groups excluding tert-OH is 2. The predicted octanol–water partition coefficient (Wildman–Crippen LogP) is 16.2. The van der Waals surface area contributed by atoms with Gasteiger partial charge in [0.2, 0.25) is 5.91 Å². The number of esters is 1. The van der Waals surface area contributed by atoms with Gasteiger partial charge in [-0.15, -0.1) is 0 Å². The molecule has 6 nitrogen and oxygen atoms in total. The van der Waals surface area contributed by atoms with Gasteiger partial charge in [-0.2, -0.15) is 0 Å². The number of ether oxygens (including phenoxy) is 1. The zero-order chi connectivity index (χ0) is 45.1. The summed E-state index contributed by atoms with van der Waals surface area (Å²) in [6.45, 7) is 4.82. The van der Waals surface area contributed by atoms with Crippen LogP contribution in [0.25, 0.3) is 0 Å². The summed E-state index contributed by atoms with van der Waals surface area (Å²) in [4.78, 5) is 24.4. The molecule has 2 unspecified atom stereocenters. The Balaban J connectivity index is 3.60. The van der Waals surface area contributed by atoms with Crippen molar-refractivity contribution in [1.82, 2.24) is 5.32 Å². The van der Waals surface area contributed by atoms with Crippen LogP contribution in [0.1, 0.15) is 271 Å². The number of carbonyl (C=O) groups is 2. The van der Waals surface area contributed by atoms with E-state index in [1.165, 1.54) is 186 Å². The molecule has 0 fully saturated rings. The largest absolute Gasteiger partial charge is 0.466 e. The van der Waals surface area contributed by atoms with Crippen molar-refractivity contribution in [2.75, 3.05) is 13.2 Å². The number of hydrogen-bond donors (Lipinski definition) is 3. The Kier molecular flexibility index (Phi) is 49.6. The molecule has 6 heteroatoms. The van der Waals surface area contributed by atoms with Crippen LogP contribution in [-0.2, 0) is 14.3 Å². The normalized spacial score (nSPS) is 13.0. The van der Waals surface area contributed by atoms with Crippen molar-refractivity contribution >= 4 is 11.9 Å². The SMILES string of the molecule is CCCCCCC/C=C\CCCCCCCC(=O)OCCCCCCCC/C=C\C/C=C\CCC(=O)NC(CO)C(O)/C=C/CCCCCCCCCCCCCCCCCC. The van der Waals surface area contributed by atoms with Crippen LogP contribution in [0.3, 0.4) is 0 Å². The van der Waals surface area contributed by atoms with Gasteiger partial charge in [-0.25, -0.2) is 0 Å². The number of nitrogens with one attached hydrogen (secondary N) is 1.